The van der Waals surface area contributed by atoms with Crippen molar-refractivity contribution in [3.63, 3.8) is 0 Å². The number of thiophene rings is 1. The Kier molecular flexibility index (Phi) is 5.06. The fourth-order valence-corrected chi connectivity index (χ4v) is 4.54. The fourth-order valence-electron chi connectivity index (χ4n) is 3.52. The Hall–Kier alpha value is -2.67. The highest BCUT2D eigenvalue weighted by Gasteiger charge is 2.19. The van der Waals surface area contributed by atoms with E-state index in [1.165, 1.54) is 11.1 Å². The zero-order chi connectivity index (χ0) is 19.6. The summed E-state index contributed by atoms with van der Waals surface area (Å²) in [5.74, 6) is 0.749. The molecule has 0 amide bonds. The molecule has 0 radical (unpaired) electrons. The van der Waals surface area contributed by atoms with E-state index in [2.05, 4.69) is 32.0 Å². The molecule has 0 saturated carbocycles. The molecule has 5 rings (SSSR count). The molecule has 5 nitrogen and oxygen atoms in total. The summed E-state index contributed by atoms with van der Waals surface area (Å²) in [6, 6.07) is 12.0. The highest BCUT2D eigenvalue weighted by atomic mass is 35.5. The lowest BCUT2D eigenvalue weighted by molar-refractivity contribution is 0.242. The predicted octanol–water partition coefficient (Wildman–Crippen LogP) is 4.87. The third kappa shape index (κ3) is 4.05. The van der Waals surface area contributed by atoms with Crippen molar-refractivity contribution in [1.29, 1.82) is 0 Å². The van der Waals surface area contributed by atoms with E-state index in [1.54, 1.807) is 23.7 Å². The molecular weight excluding hydrogens is 402 g/mol. The number of aromatic nitrogens is 4. The van der Waals surface area contributed by atoms with Gasteiger partial charge in [0.05, 0.1) is 20.6 Å². The standard InChI is InChI=1S/C22H18ClN5S/c23-21-6-5-20(29-21)19-4-3-15(10-25-19)13-28-9-7-18-17(14-28)12-26-22(27-18)16-2-1-8-24-11-16/h1-6,8,10-12H,7,9,13-14H2. The Balaban J connectivity index is 1.27. The second kappa shape index (κ2) is 7.99. The van der Waals surface area contributed by atoms with E-state index in [0.29, 0.717) is 0 Å². The normalized spacial score (nSPS) is 14.0. The molecule has 0 unspecified atom stereocenters. The van der Waals surface area contributed by atoms with Crippen molar-refractivity contribution in [3.8, 4) is 22.0 Å². The zero-order valence-electron chi connectivity index (χ0n) is 15.6. The molecule has 0 N–H and O–H groups in total. The maximum Gasteiger partial charge on any atom is 0.160 e. The first kappa shape index (κ1) is 18.4. The maximum absolute atomic E-state index is 6.03. The predicted molar refractivity (Wildman–Crippen MR) is 116 cm³/mol. The lowest BCUT2D eigenvalue weighted by Crippen LogP contribution is -2.31. The molecule has 1 aliphatic heterocycles. The van der Waals surface area contributed by atoms with Crippen molar-refractivity contribution >= 4 is 22.9 Å². The third-order valence-electron chi connectivity index (χ3n) is 4.99. The summed E-state index contributed by atoms with van der Waals surface area (Å²) in [5, 5.41) is 0. The summed E-state index contributed by atoms with van der Waals surface area (Å²) < 4.78 is 0.784. The van der Waals surface area contributed by atoms with Gasteiger partial charge in [0.1, 0.15) is 0 Å². The monoisotopic (exact) mass is 419 g/mol. The van der Waals surface area contributed by atoms with Gasteiger partial charge in [-0.2, -0.15) is 0 Å². The second-order valence-corrected chi connectivity index (χ2v) is 8.74. The average molecular weight is 420 g/mol. The third-order valence-corrected chi connectivity index (χ3v) is 6.24. The summed E-state index contributed by atoms with van der Waals surface area (Å²) in [6.45, 7) is 2.69. The van der Waals surface area contributed by atoms with E-state index >= 15 is 0 Å². The summed E-state index contributed by atoms with van der Waals surface area (Å²) >= 11 is 7.58. The Morgan fingerprint density at radius 2 is 2.00 bits per heavy atom. The van der Waals surface area contributed by atoms with Gasteiger partial charge in [0, 0.05) is 62.0 Å². The number of hydrogen-bond acceptors (Lipinski definition) is 6. The molecule has 144 valence electrons. The number of hydrogen-bond donors (Lipinski definition) is 0. The van der Waals surface area contributed by atoms with Crippen LogP contribution in [-0.4, -0.2) is 31.4 Å². The topological polar surface area (TPSA) is 54.8 Å². The van der Waals surface area contributed by atoms with Crippen LogP contribution in [0.25, 0.3) is 22.0 Å². The van der Waals surface area contributed by atoms with Gasteiger partial charge in [-0.05, 0) is 35.9 Å². The van der Waals surface area contributed by atoms with Crippen LogP contribution in [0.4, 0.5) is 0 Å². The van der Waals surface area contributed by atoms with Crippen molar-refractivity contribution in [1.82, 2.24) is 24.8 Å². The van der Waals surface area contributed by atoms with Gasteiger partial charge < -0.3 is 0 Å². The van der Waals surface area contributed by atoms with Crippen LogP contribution in [0.1, 0.15) is 16.8 Å². The van der Waals surface area contributed by atoms with Gasteiger partial charge in [-0.15, -0.1) is 11.3 Å². The minimum atomic E-state index is 0.749. The molecule has 0 aromatic carbocycles. The molecule has 4 aromatic rings. The van der Waals surface area contributed by atoms with E-state index in [9.17, 15) is 0 Å². The van der Waals surface area contributed by atoms with Gasteiger partial charge in [0.2, 0.25) is 0 Å². The lowest BCUT2D eigenvalue weighted by Gasteiger charge is -2.28. The van der Waals surface area contributed by atoms with Crippen molar-refractivity contribution in [2.24, 2.45) is 0 Å². The number of fused-ring (bicyclic) bond motifs is 1. The van der Waals surface area contributed by atoms with Crippen molar-refractivity contribution in [2.45, 2.75) is 19.5 Å². The van der Waals surface area contributed by atoms with Gasteiger partial charge in [0.15, 0.2) is 5.82 Å². The molecule has 1 aliphatic rings. The Bertz CT molecular complexity index is 1130. The minimum Gasteiger partial charge on any atom is -0.294 e. The molecule has 0 spiro atoms. The SMILES string of the molecule is Clc1ccc(-c2ccc(CN3CCc4nc(-c5cccnc5)ncc4C3)cn2)s1. The van der Waals surface area contributed by atoms with Crippen LogP contribution in [0, 0.1) is 0 Å². The number of halogens is 1. The maximum atomic E-state index is 6.03. The number of rotatable bonds is 4. The molecule has 29 heavy (non-hydrogen) atoms. The number of nitrogens with zero attached hydrogens (tertiary/aromatic N) is 5. The summed E-state index contributed by atoms with van der Waals surface area (Å²) in [6.07, 6.45) is 8.40. The van der Waals surface area contributed by atoms with Gasteiger partial charge in [-0.1, -0.05) is 17.7 Å². The van der Waals surface area contributed by atoms with Crippen molar-refractivity contribution < 1.29 is 0 Å². The summed E-state index contributed by atoms with van der Waals surface area (Å²) in [7, 11) is 0. The van der Waals surface area contributed by atoms with Crippen molar-refractivity contribution in [3.05, 3.63) is 82.3 Å². The molecule has 0 aliphatic carbocycles. The quantitative estimate of drug-likeness (QED) is 0.472. The summed E-state index contributed by atoms with van der Waals surface area (Å²) in [4.78, 5) is 21.6. The van der Waals surface area contributed by atoms with Crippen LogP contribution >= 0.6 is 22.9 Å². The first-order valence-corrected chi connectivity index (χ1v) is 10.6. The van der Waals surface area contributed by atoms with E-state index in [0.717, 1.165) is 58.0 Å². The first-order valence-electron chi connectivity index (χ1n) is 9.43. The highest BCUT2D eigenvalue weighted by molar-refractivity contribution is 7.19. The van der Waals surface area contributed by atoms with Gasteiger partial charge in [-0.25, -0.2) is 9.97 Å². The van der Waals surface area contributed by atoms with Crippen molar-refractivity contribution in [2.75, 3.05) is 6.54 Å². The molecule has 0 atom stereocenters. The van der Waals surface area contributed by atoms with Gasteiger partial charge in [0.25, 0.3) is 0 Å². The van der Waals surface area contributed by atoms with E-state index in [-0.39, 0.29) is 0 Å². The van der Waals surface area contributed by atoms with Crippen LogP contribution in [0.5, 0.6) is 0 Å². The van der Waals surface area contributed by atoms with E-state index in [1.807, 2.05) is 36.7 Å². The molecule has 5 heterocycles. The molecule has 0 saturated heterocycles. The fraction of sp³-hybridized carbons (Fsp3) is 0.182. The van der Waals surface area contributed by atoms with Crippen LogP contribution in [-0.2, 0) is 19.5 Å². The Morgan fingerprint density at radius 1 is 1.03 bits per heavy atom. The Labute approximate surface area is 178 Å². The van der Waals surface area contributed by atoms with Crippen LogP contribution in [0.2, 0.25) is 4.34 Å². The van der Waals surface area contributed by atoms with Gasteiger partial charge >= 0.3 is 0 Å². The Morgan fingerprint density at radius 3 is 2.76 bits per heavy atom. The highest BCUT2D eigenvalue weighted by Crippen LogP contribution is 2.30. The first-order chi connectivity index (χ1) is 14.2. The number of pyridine rings is 2. The second-order valence-electron chi connectivity index (χ2n) is 7.02. The molecule has 0 fully saturated rings. The van der Waals surface area contributed by atoms with Crippen LogP contribution in [0.15, 0.2) is 61.2 Å². The summed E-state index contributed by atoms with van der Waals surface area (Å²) in [5.41, 5.74) is 5.45. The smallest absolute Gasteiger partial charge is 0.160 e. The molecule has 0 bridgehead atoms. The molecule has 4 aromatic heterocycles. The average Bonchev–Trinajstić information content (AvgIpc) is 3.21. The lowest BCUT2D eigenvalue weighted by atomic mass is 10.1. The van der Waals surface area contributed by atoms with Gasteiger partial charge in [-0.3, -0.25) is 14.9 Å². The largest absolute Gasteiger partial charge is 0.294 e. The van der Waals surface area contributed by atoms with E-state index < -0.39 is 0 Å². The molecular formula is C22H18ClN5S. The zero-order valence-corrected chi connectivity index (χ0v) is 17.2. The minimum absolute atomic E-state index is 0.749. The van der Waals surface area contributed by atoms with E-state index in [4.69, 9.17) is 16.6 Å². The van der Waals surface area contributed by atoms with Crippen LogP contribution in [0.3, 0.4) is 0 Å². The molecule has 7 heteroatoms. The van der Waals surface area contributed by atoms with Crippen LogP contribution < -0.4 is 0 Å².